The zero-order valence-corrected chi connectivity index (χ0v) is 13.5. The summed E-state index contributed by atoms with van der Waals surface area (Å²) in [6.45, 7) is 9.38. The van der Waals surface area contributed by atoms with Crippen LogP contribution in [0.5, 0.6) is 5.75 Å². The number of hydrogen-bond donors (Lipinski definition) is 1. The molecule has 0 saturated heterocycles. The van der Waals surface area contributed by atoms with E-state index in [0.29, 0.717) is 5.92 Å². The van der Waals surface area contributed by atoms with Crippen molar-refractivity contribution in [1.29, 1.82) is 0 Å². The van der Waals surface area contributed by atoms with Crippen molar-refractivity contribution in [3.63, 3.8) is 0 Å². The van der Waals surface area contributed by atoms with E-state index in [4.69, 9.17) is 4.74 Å². The highest BCUT2D eigenvalue weighted by molar-refractivity contribution is 5.37. The first kappa shape index (κ1) is 15.6. The van der Waals surface area contributed by atoms with Crippen molar-refractivity contribution in [3.8, 4) is 5.75 Å². The van der Waals surface area contributed by atoms with Crippen LogP contribution in [0.25, 0.3) is 0 Å². The monoisotopic (exact) mass is 286 g/mol. The van der Waals surface area contributed by atoms with Crippen molar-refractivity contribution in [2.45, 2.75) is 33.9 Å². The van der Waals surface area contributed by atoms with Gasteiger partial charge in [0, 0.05) is 24.5 Å². The van der Waals surface area contributed by atoms with Crippen LogP contribution < -0.4 is 10.1 Å². The van der Waals surface area contributed by atoms with Crippen molar-refractivity contribution in [1.82, 2.24) is 9.88 Å². The molecule has 0 saturated carbocycles. The Balaban J connectivity index is 2.00. The quantitative estimate of drug-likeness (QED) is 0.841. The summed E-state index contributed by atoms with van der Waals surface area (Å²) in [5.41, 5.74) is 3.80. The van der Waals surface area contributed by atoms with Gasteiger partial charge in [0.25, 0.3) is 0 Å². The van der Waals surface area contributed by atoms with E-state index >= 15 is 0 Å². The second-order valence-corrected chi connectivity index (χ2v) is 6.03. The molecule has 2 aromatic rings. The summed E-state index contributed by atoms with van der Waals surface area (Å²) in [7, 11) is 1.73. The highest BCUT2D eigenvalue weighted by atomic mass is 16.5. The van der Waals surface area contributed by atoms with Gasteiger partial charge >= 0.3 is 0 Å². The molecular weight excluding hydrogens is 260 g/mol. The van der Waals surface area contributed by atoms with Gasteiger partial charge in [-0.05, 0) is 37.1 Å². The van der Waals surface area contributed by atoms with Crippen molar-refractivity contribution in [3.05, 3.63) is 53.3 Å². The minimum atomic E-state index is 0.684. The zero-order valence-electron chi connectivity index (χ0n) is 13.5. The van der Waals surface area contributed by atoms with Crippen LogP contribution in [0.4, 0.5) is 0 Å². The summed E-state index contributed by atoms with van der Waals surface area (Å²) < 4.78 is 7.66. The van der Waals surface area contributed by atoms with E-state index in [1.54, 1.807) is 7.11 Å². The number of hydrogen-bond acceptors (Lipinski definition) is 2. The third-order valence-corrected chi connectivity index (χ3v) is 3.48. The number of methoxy groups -OCH3 is 1. The standard InChI is InChI=1S/C18H26N2O/c1-14(2)10-19-11-16-7-8-20(12-16)13-17-9-15(3)5-6-18(17)21-4/h5-9,12,14,19H,10-11,13H2,1-4H3. The van der Waals surface area contributed by atoms with Crippen molar-refractivity contribution >= 4 is 0 Å². The lowest BCUT2D eigenvalue weighted by atomic mass is 10.1. The van der Waals surface area contributed by atoms with E-state index in [2.05, 4.69) is 61.2 Å². The number of aryl methyl sites for hydroxylation is 1. The van der Waals surface area contributed by atoms with Crippen LogP contribution in [-0.4, -0.2) is 18.2 Å². The fraction of sp³-hybridized carbons (Fsp3) is 0.444. The predicted molar refractivity (Wildman–Crippen MR) is 87.8 cm³/mol. The molecule has 0 amide bonds. The molecule has 0 radical (unpaired) electrons. The Morgan fingerprint density at radius 3 is 2.76 bits per heavy atom. The summed E-state index contributed by atoms with van der Waals surface area (Å²) in [5, 5.41) is 3.47. The third-order valence-electron chi connectivity index (χ3n) is 3.48. The summed E-state index contributed by atoms with van der Waals surface area (Å²) >= 11 is 0. The second kappa shape index (κ2) is 7.32. The number of ether oxygens (including phenoxy) is 1. The van der Waals surface area contributed by atoms with Gasteiger partial charge in [-0.2, -0.15) is 0 Å². The average Bonchev–Trinajstić information content (AvgIpc) is 2.86. The van der Waals surface area contributed by atoms with E-state index in [0.717, 1.165) is 25.4 Å². The van der Waals surface area contributed by atoms with Gasteiger partial charge in [-0.15, -0.1) is 0 Å². The van der Waals surface area contributed by atoms with Gasteiger partial charge in [-0.1, -0.05) is 31.5 Å². The number of rotatable bonds is 7. The van der Waals surface area contributed by atoms with E-state index in [9.17, 15) is 0 Å². The van der Waals surface area contributed by atoms with Crippen molar-refractivity contribution < 1.29 is 4.74 Å². The molecule has 0 aliphatic heterocycles. The van der Waals surface area contributed by atoms with Gasteiger partial charge in [0.1, 0.15) is 5.75 Å². The molecule has 2 rings (SSSR count). The molecule has 0 spiro atoms. The molecule has 0 bridgehead atoms. The topological polar surface area (TPSA) is 26.2 Å². The van der Waals surface area contributed by atoms with Crippen molar-refractivity contribution in [2.24, 2.45) is 5.92 Å². The molecule has 0 aliphatic carbocycles. The summed E-state index contributed by atoms with van der Waals surface area (Å²) in [6, 6.07) is 8.49. The summed E-state index contributed by atoms with van der Waals surface area (Å²) in [5.74, 6) is 1.64. The number of nitrogens with zero attached hydrogens (tertiary/aromatic N) is 1. The summed E-state index contributed by atoms with van der Waals surface area (Å²) in [4.78, 5) is 0. The Labute approximate surface area is 127 Å². The molecule has 21 heavy (non-hydrogen) atoms. The fourth-order valence-corrected chi connectivity index (χ4v) is 2.43. The van der Waals surface area contributed by atoms with Crippen LogP contribution in [0, 0.1) is 12.8 Å². The van der Waals surface area contributed by atoms with Crippen LogP contribution in [0.1, 0.15) is 30.5 Å². The van der Waals surface area contributed by atoms with E-state index < -0.39 is 0 Å². The highest BCUT2D eigenvalue weighted by Crippen LogP contribution is 2.21. The normalized spacial score (nSPS) is 11.1. The first-order valence-electron chi connectivity index (χ1n) is 7.57. The minimum absolute atomic E-state index is 0.684. The Morgan fingerprint density at radius 1 is 1.24 bits per heavy atom. The van der Waals surface area contributed by atoms with Crippen LogP contribution >= 0.6 is 0 Å². The van der Waals surface area contributed by atoms with Gasteiger partial charge < -0.3 is 14.6 Å². The Kier molecular flexibility index (Phi) is 5.45. The maximum Gasteiger partial charge on any atom is 0.123 e. The lowest BCUT2D eigenvalue weighted by Crippen LogP contribution is -2.18. The maximum absolute atomic E-state index is 5.44. The van der Waals surface area contributed by atoms with Crippen LogP contribution in [0.15, 0.2) is 36.7 Å². The van der Waals surface area contributed by atoms with Gasteiger partial charge in [0.05, 0.1) is 13.7 Å². The highest BCUT2D eigenvalue weighted by Gasteiger charge is 2.05. The molecule has 1 heterocycles. The molecule has 0 fully saturated rings. The Morgan fingerprint density at radius 2 is 2.05 bits per heavy atom. The molecule has 0 atom stereocenters. The maximum atomic E-state index is 5.44. The van der Waals surface area contributed by atoms with Gasteiger partial charge in [-0.25, -0.2) is 0 Å². The van der Waals surface area contributed by atoms with E-state index in [-0.39, 0.29) is 0 Å². The van der Waals surface area contributed by atoms with Gasteiger partial charge in [0.2, 0.25) is 0 Å². The van der Waals surface area contributed by atoms with Crippen LogP contribution in [0.3, 0.4) is 0 Å². The van der Waals surface area contributed by atoms with E-state index in [1.807, 2.05) is 6.07 Å². The molecule has 1 N–H and O–H groups in total. The fourth-order valence-electron chi connectivity index (χ4n) is 2.43. The zero-order chi connectivity index (χ0) is 15.2. The first-order chi connectivity index (χ1) is 10.1. The van der Waals surface area contributed by atoms with Gasteiger partial charge in [0.15, 0.2) is 0 Å². The SMILES string of the molecule is COc1ccc(C)cc1Cn1ccc(CNCC(C)C)c1. The second-order valence-electron chi connectivity index (χ2n) is 6.03. The lowest BCUT2D eigenvalue weighted by Gasteiger charge is -2.10. The molecule has 0 unspecified atom stereocenters. The largest absolute Gasteiger partial charge is 0.496 e. The lowest BCUT2D eigenvalue weighted by molar-refractivity contribution is 0.408. The number of nitrogens with one attached hydrogen (secondary N) is 1. The molecule has 3 heteroatoms. The molecule has 1 aromatic carbocycles. The Hall–Kier alpha value is -1.74. The third kappa shape index (κ3) is 4.64. The molecule has 1 aromatic heterocycles. The first-order valence-corrected chi connectivity index (χ1v) is 7.57. The molecule has 114 valence electrons. The minimum Gasteiger partial charge on any atom is -0.496 e. The predicted octanol–water partition coefficient (Wildman–Crippen LogP) is 3.60. The molecule has 3 nitrogen and oxygen atoms in total. The average molecular weight is 286 g/mol. The van der Waals surface area contributed by atoms with Crippen LogP contribution in [0.2, 0.25) is 0 Å². The van der Waals surface area contributed by atoms with Crippen LogP contribution in [-0.2, 0) is 13.1 Å². The van der Waals surface area contributed by atoms with E-state index in [1.165, 1.54) is 16.7 Å². The number of aromatic nitrogens is 1. The Bertz CT molecular complexity index is 572. The summed E-state index contributed by atoms with van der Waals surface area (Å²) in [6.07, 6.45) is 4.34. The number of benzene rings is 1. The smallest absolute Gasteiger partial charge is 0.123 e. The van der Waals surface area contributed by atoms with Crippen molar-refractivity contribution in [2.75, 3.05) is 13.7 Å². The van der Waals surface area contributed by atoms with Gasteiger partial charge in [-0.3, -0.25) is 0 Å². The molecule has 0 aliphatic rings. The molecular formula is C18H26N2O.